The Bertz CT molecular complexity index is 1180. The van der Waals surface area contributed by atoms with E-state index in [1.165, 1.54) is 0 Å². The molecular formula is C27H24N2O4. The number of imide groups is 1. The van der Waals surface area contributed by atoms with Crippen molar-refractivity contribution in [3.05, 3.63) is 102 Å². The molecular weight excluding hydrogens is 416 g/mol. The highest BCUT2D eigenvalue weighted by Gasteiger charge is 2.64. The number of hydrogen-bond acceptors (Lipinski definition) is 4. The van der Waals surface area contributed by atoms with Crippen molar-refractivity contribution in [2.24, 2.45) is 5.41 Å². The minimum atomic E-state index is -2.00. The quantitative estimate of drug-likeness (QED) is 0.304. The fourth-order valence-corrected chi connectivity index (χ4v) is 4.12. The maximum Gasteiger partial charge on any atom is 0.280 e. The Balaban J connectivity index is 1.90. The minimum Gasteiger partial charge on any atom is -0.292 e. The maximum atomic E-state index is 14.0. The summed E-state index contributed by atoms with van der Waals surface area (Å²) in [7, 11) is 0. The summed E-state index contributed by atoms with van der Waals surface area (Å²) in [6.45, 7) is 1.92. The minimum absolute atomic E-state index is 0.0246. The molecule has 1 saturated heterocycles. The van der Waals surface area contributed by atoms with Crippen molar-refractivity contribution in [2.45, 2.75) is 26.2 Å². The van der Waals surface area contributed by atoms with Crippen molar-refractivity contribution < 1.29 is 19.2 Å². The number of para-hydroxylation sites is 1. The molecule has 1 fully saturated rings. The van der Waals surface area contributed by atoms with Gasteiger partial charge in [-0.25, -0.2) is 5.01 Å². The molecule has 3 aromatic rings. The van der Waals surface area contributed by atoms with Gasteiger partial charge in [-0.2, -0.15) is 5.01 Å². The smallest absolute Gasteiger partial charge is 0.280 e. The summed E-state index contributed by atoms with van der Waals surface area (Å²) < 4.78 is 0. The predicted molar refractivity (Wildman–Crippen MR) is 124 cm³/mol. The Morgan fingerprint density at radius 2 is 1.24 bits per heavy atom. The first-order valence-corrected chi connectivity index (χ1v) is 11.0. The van der Waals surface area contributed by atoms with Crippen LogP contribution in [0.5, 0.6) is 0 Å². The van der Waals surface area contributed by atoms with Crippen LogP contribution in [0.2, 0.25) is 0 Å². The number of ketones is 1. The van der Waals surface area contributed by atoms with Crippen molar-refractivity contribution in [1.82, 2.24) is 5.01 Å². The van der Waals surface area contributed by atoms with Crippen LogP contribution < -0.4 is 5.01 Å². The summed E-state index contributed by atoms with van der Waals surface area (Å²) in [6.07, 6.45) is 1.19. The second-order valence-electron chi connectivity index (χ2n) is 7.94. The lowest BCUT2D eigenvalue weighted by atomic mass is 9.75. The van der Waals surface area contributed by atoms with Crippen LogP contribution in [0.1, 0.15) is 46.9 Å². The highest BCUT2D eigenvalue weighted by molar-refractivity contribution is 6.37. The van der Waals surface area contributed by atoms with Crippen molar-refractivity contribution in [2.75, 3.05) is 5.01 Å². The fraction of sp³-hybridized carbons (Fsp3) is 0.185. The van der Waals surface area contributed by atoms with Gasteiger partial charge in [0.05, 0.1) is 5.69 Å². The van der Waals surface area contributed by atoms with Crippen LogP contribution in [-0.2, 0) is 9.59 Å². The first kappa shape index (κ1) is 22.1. The molecule has 1 aliphatic heterocycles. The van der Waals surface area contributed by atoms with E-state index in [0.717, 1.165) is 10.0 Å². The summed E-state index contributed by atoms with van der Waals surface area (Å²) in [4.78, 5) is 55.3. The zero-order chi connectivity index (χ0) is 23.4. The third-order valence-corrected chi connectivity index (χ3v) is 5.86. The van der Waals surface area contributed by atoms with Gasteiger partial charge in [-0.1, -0.05) is 86.5 Å². The van der Waals surface area contributed by atoms with Gasteiger partial charge in [0.15, 0.2) is 11.2 Å². The van der Waals surface area contributed by atoms with Gasteiger partial charge < -0.3 is 0 Å². The number of carbonyl (C=O) groups excluding carboxylic acids is 4. The fourth-order valence-electron chi connectivity index (χ4n) is 4.12. The molecule has 0 saturated carbocycles. The van der Waals surface area contributed by atoms with E-state index in [9.17, 15) is 19.2 Å². The Morgan fingerprint density at radius 1 is 0.727 bits per heavy atom. The van der Waals surface area contributed by atoms with Crippen LogP contribution in [0.3, 0.4) is 0 Å². The molecule has 6 heteroatoms. The molecule has 6 nitrogen and oxygen atoms in total. The van der Waals surface area contributed by atoms with E-state index in [-0.39, 0.29) is 17.5 Å². The van der Waals surface area contributed by atoms with Crippen LogP contribution in [0.4, 0.5) is 5.69 Å². The lowest BCUT2D eigenvalue weighted by molar-refractivity contribution is -0.135. The van der Waals surface area contributed by atoms with Crippen molar-refractivity contribution in [3.63, 3.8) is 0 Å². The Kier molecular flexibility index (Phi) is 6.18. The molecule has 1 atom stereocenters. The van der Waals surface area contributed by atoms with Crippen molar-refractivity contribution in [1.29, 1.82) is 0 Å². The monoisotopic (exact) mass is 440 g/mol. The molecule has 0 aliphatic carbocycles. The van der Waals surface area contributed by atoms with Crippen LogP contribution in [0, 0.1) is 5.41 Å². The standard InChI is InChI=1S/C27H24N2O4/c1-2-3-19-27(23(30)20-13-7-4-8-14-20)25(32)28(22-17-11-6-12-18-22)29(26(27)33)24(31)21-15-9-5-10-16-21/h4-18H,2-3,19H2,1H3. The number of hydrogen-bond donors (Lipinski definition) is 0. The third-order valence-electron chi connectivity index (χ3n) is 5.86. The number of amides is 3. The highest BCUT2D eigenvalue weighted by Crippen LogP contribution is 2.42. The lowest BCUT2D eigenvalue weighted by Crippen LogP contribution is -2.45. The molecule has 0 radical (unpaired) electrons. The molecule has 0 bridgehead atoms. The molecule has 0 N–H and O–H groups in total. The molecule has 33 heavy (non-hydrogen) atoms. The Morgan fingerprint density at radius 3 is 1.79 bits per heavy atom. The van der Waals surface area contributed by atoms with Crippen LogP contribution in [0.15, 0.2) is 91.0 Å². The van der Waals surface area contributed by atoms with Crippen molar-refractivity contribution in [3.8, 4) is 0 Å². The summed E-state index contributed by atoms with van der Waals surface area (Å²) >= 11 is 0. The van der Waals surface area contributed by atoms with E-state index in [1.807, 2.05) is 6.92 Å². The van der Waals surface area contributed by atoms with Gasteiger partial charge in [0.2, 0.25) is 0 Å². The van der Waals surface area contributed by atoms with Crippen LogP contribution in [-0.4, -0.2) is 28.5 Å². The molecule has 4 rings (SSSR count). The van der Waals surface area contributed by atoms with Crippen LogP contribution >= 0.6 is 0 Å². The number of Topliss-reactive ketones (excluding diaryl/α,β-unsaturated/α-hetero) is 1. The Labute approximate surface area is 192 Å². The van der Waals surface area contributed by atoms with Gasteiger partial charge in [-0.05, 0) is 30.7 Å². The maximum absolute atomic E-state index is 14.0. The first-order valence-electron chi connectivity index (χ1n) is 11.0. The summed E-state index contributed by atoms with van der Waals surface area (Å²) in [5, 5.41) is 1.90. The van der Waals surface area contributed by atoms with E-state index >= 15 is 0 Å². The number of rotatable bonds is 7. The van der Waals surface area contributed by atoms with E-state index in [1.54, 1.807) is 91.0 Å². The van der Waals surface area contributed by atoms with Gasteiger partial charge in [-0.15, -0.1) is 0 Å². The molecule has 3 aromatic carbocycles. The summed E-state index contributed by atoms with van der Waals surface area (Å²) in [6, 6.07) is 25.1. The average Bonchev–Trinajstić information content (AvgIpc) is 3.10. The van der Waals surface area contributed by atoms with Gasteiger partial charge >= 0.3 is 0 Å². The first-order chi connectivity index (χ1) is 16.0. The molecule has 1 heterocycles. The van der Waals surface area contributed by atoms with Gasteiger partial charge in [0, 0.05) is 11.1 Å². The lowest BCUT2D eigenvalue weighted by Gasteiger charge is -2.25. The number of hydrazine groups is 1. The SMILES string of the molecule is CCCCC1(C(=O)c2ccccc2)C(=O)N(C(=O)c2ccccc2)N(c2ccccc2)C1=O. The molecule has 1 unspecified atom stereocenters. The third kappa shape index (κ3) is 3.74. The number of nitrogens with zero attached hydrogens (tertiary/aromatic N) is 2. The van der Waals surface area contributed by atoms with Crippen LogP contribution in [0.25, 0.3) is 0 Å². The largest absolute Gasteiger partial charge is 0.292 e. The average molecular weight is 440 g/mol. The van der Waals surface area contributed by atoms with Crippen molar-refractivity contribution >= 4 is 29.2 Å². The van der Waals surface area contributed by atoms with Gasteiger partial charge in [0.25, 0.3) is 17.7 Å². The van der Waals surface area contributed by atoms with E-state index in [2.05, 4.69) is 0 Å². The molecule has 0 spiro atoms. The second-order valence-corrected chi connectivity index (χ2v) is 7.94. The van der Waals surface area contributed by atoms with Gasteiger partial charge in [0.1, 0.15) is 0 Å². The van der Waals surface area contributed by atoms with E-state index in [4.69, 9.17) is 0 Å². The number of carbonyl (C=O) groups is 4. The zero-order valence-corrected chi connectivity index (χ0v) is 18.3. The Hall–Kier alpha value is -4.06. The predicted octanol–water partition coefficient (Wildman–Crippen LogP) is 4.68. The summed E-state index contributed by atoms with van der Waals surface area (Å²) in [5.74, 6) is -2.76. The zero-order valence-electron chi connectivity index (χ0n) is 18.3. The summed E-state index contributed by atoms with van der Waals surface area (Å²) in [5.41, 5.74) is -1.15. The second kappa shape index (κ2) is 9.20. The molecule has 166 valence electrons. The number of anilines is 1. The molecule has 0 aromatic heterocycles. The molecule has 3 amide bonds. The van der Waals surface area contributed by atoms with Gasteiger partial charge in [-0.3, -0.25) is 19.2 Å². The van der Waals surface area contributed by atoms with E-state index < -0.39 is 28.9 Å². The number of benzene rings is 3. The number of unbranched alkanes of at least 4 members (excludes halogenated alkanes) is 1. The topological polar surface area (TPSA) is 74.8 Å². The normalized spacial score (nSPS) is 18.0. The van der Waals surface area contributed by atoms with E-state index in [0.29, 0.717) is 18.5 Å². The highest BCUT2D eigenvalue weighted by atomic mass is 16.2. The molecule has 1 aliphatic rings.